The average Bonchev–Trinajstić information content (AvgIpc) is 2.49. The van der Waals surface area contributed by atoms with Gasteiger partial charge in [0.05, 0.1) is 18.1 Å². The number of nitriles is 1. The maximum absolute atomic E-state index is 8.68. The van der Waals surface area contributed by atoms with E-state index in [1.807, 2.05) is 24.3 Å². The molecule has 0 atom stereocenters. The fourth-order valence-electron chi connectivity index (χ4n) is 2.46. The number of rotatable bonds is 3. The summed E-state index contributed by atoms with van der Waals surface area (Å²) < 4.78 is 0. The van der Waals surface area contributed by atoms with Gasteiger partial charge in [0.1, 0.15) is 5.52 Å². The number of nitrogens with zero attached hydrogens (tertiary/aromatic N) is 5. The summed E-state index contributed by atoms with van der Waals surface area (Å²) in [6.07, 6.45) is 2.00. The Bertz CT molecular complexity index is 627. The van der Waals surface area contributed by atoms with Gasteiger partial charge in [0.25, 0.3) is 0 Å². The third kappa shape index (κ3) is 2.83. The molecule has 1 aliphatic heterocycles. The maximum atomic E-state index is 8.68. The third-order valence-corrected chi connectivity index (χ3v) is 3.58. The summed E-state index contributed by atoms with van der Waals surface area (Å²) in [6.45, 7) is 2.39. The molecular formula is C14H16N6. The molecule has 0 radical (unpaired) electrons. The molecule has 1 N–H and O–H groups in total. The van der Waals surface area contributed by atoms with Crippen LogP contribution in [0.4, 0.5) is 5.95 Å². The number of benzene rings is 1. The van der Waals surface area contributed by atoms with E-state index in [9.17, 15) is 0 Å². The van der Waals surface area contributed by atoms with Crippen LogP contribution in [0, 0.1) is 11.3 Å². The summed E-state index contributed by atoms with van der Waals surface area (Å²) in [5.41, 5.74) is 1.66. The van der Waals surface area contributed by atoms with Crippen LogP contribution in [0.3, 0.4) is 0 Å². The van der Waals surface area contributed by atoms with Gasteiger partial charge in [0.2, 0.25) is 5.95 Å². The van der Waals surface area contributed by atoms with E-state index < -0.39 is 0 Å². The Morgan fingerprint density at radius 1 is 1.20 bits per heavy atom. The molecule has 0 bridgehead atoms. The number of hydrogen-bond acceptors (Lipinski definition) is 6. The fourth-order valence-corrected chi connectivity index (χ4v) is 2.46. The van der Waals surface area contributed by atoms with Gasteiger partial charge in [-0.15, -0.1) is 10.2 Å². The summed E-state index contributed by atoms with van der Waals surface area (Å²) in [6, 6.07) is 10.3. The number of hydrogen-bond donors (Lipinski definition) is 1. The second kappa shape index (κ2) is 5.80. The van der Waals surface area contributed by atoms with Crippen LogP contribution < -0.4 is 5.32 Å². The van der Waals surface area contributed by atoms with Crippen molar-refractivity contribution < 1.29 is 0 Å². The smallest absolute Gasteiger partial charge is 0.243 e. The molecular weight excluding hydrogens is 252 g/mol. The lowest BCUT2D eigenvalue weighted by molar-refractivity contribution is 0.242. The highest BCUT2D eigenvalue weighted by molar-refractivity contribution is 5.74. The first-order valence-corrected chi connectivity index (χ1v) is 6.80. The first-order chi connectivity index (χ1) is 9.85. The molecule has 0 spiro atoms. The standard InChI is InChI=1S/C14H16N6/c15-7-10-20-8-5-11(6-9-20)16-14-17-12-3-1-2-4-13(12)18-19-14/h1-4,11H,5-6,8-10H2,(H,16,17,19). The predicted molar refractivity (Wildman–Crippen MR) is 76.0 cm³/mol. The van der Waals surface area contributed by atoms with Gasteiger partial charge >= 0.3 is 0 Å². The van der Waals surface area contributed by atoms with Gasteiger partial charge in [0, 0.05) is 19.1 Å². The molecule has 6 nitrogen and oxygen atoms in total. The van der Waals surface area contributed by atoms with Gasteiger partial charge in [-0.3, -0.25) is 4.90 Å². The van der Waals surface area contributed by atoms with Gasteiger partial charge < -0.3 is 5.32 Å². The van der Waals surface area contributed by atoms with E-state index in [1.165, 1.54) is 0 Å². The quantitative estimate of drug-likeness (QED) is 0.848. The number of fused-ring (bicyclic) bond motifs is 1. The van der Waals surface area contributed by atoms with Crippen molar-refractivity contribution in [1.29, 1.82) is 5.26 Å². The van der Waals surface area contributed by atoms with Crippen LogP contribution >= 0.6 is 0 Å². The van der Waals surface area contributed by atoms with Crippen LogP contribution in [0.15, 0.2) is 24.3 Å². The van der Waals surface area contributed by atoms with Gasteiger partial charge in [-0.25, -0.2) is 4.98 Å². The van der Waals surface area contributed by atoms with Crippen molar-refractivity contribution in [2.75, 3.05) is 25.0 Å². The molecule has 0 aliphatic carbocycles. The van der Waals surface area contributed by atoms with E-state index >= 15 is 0 Å². The minimum atomic E-state index is 0.355. The van der Waals surface area contributed by atoms with Crippen LogP contribution in [-0.4, -0.2) is 45.8 Å². The van der Waals surface area contributed by atoms with Crippen molar-refractivity contribution >= 4 is 17.0 Å². The molecule has 6 heteroatoms. The average molecular weight is 268 g/mol. The van der Waals surface area contributed by atoms with Crippen molar-refractivity contribution in [3.8, 4) is 6.07 Å². The molecule has 1 saturated heterocycles. The van der Waals surface area contributed by atoms with Gasteiger partial charge in [-0.2, -0.15) is 5.26 Å². The monoisotopic (exact) mass is 268 g/mol. The highest BCUT2D eigenvalue weighted by atomic mass is 15.2. The SMILES string of the molecule is N#CCN1CCC(Nc2nnc3ccccc3n2)CC1. The second-order valence-corrected chi connectivity index (χ2v) is 4.98. The molecule has 1 fully saturated rings. The number of likely N-dealkylation sites (tertiary alicyclic amines) is 1. The summed E-state index contributed by atoms with van der Waals surface area (Å²) >= 11 is 0. The van der Waals surface area contributed by atoms with Crippen LogP contribution in [0.1, 0.15) is 12.8 Å². The molecule has 20 heavy (non-hydrogen) atoms. The van der Waals surface area contributed by atoms with E-state index in [2.05, 4.69) is 31.5 Å². The molecule has 2 aromatic rings. The zero-order valence-electron chi connectivity index (χ0n) is 11.2. The third-order valence-electron chi connectivity index (χ3n) is 3.58. The van der Waals surface area contributed by atoms with Crippen molar-refractivity contribution in [2.45, 2.75) is 18.9 Å². The minimum Gasteiger partial charge on any atom is -0.350 e. The zero-order valence-corrected chi connectivity index (χ0v) is 11.2. The Morgan fingerprint density at radius 3 is 2.70 bits per heavy atom. The largest absolute Gasteiger partial charge is 0.350 e. The Morgan fingerprint density at radius 2 is 1.95 bits per heavy atom. The van der Waals surface area contributed by atoms with E-state index in [-0.39, 0.29) is 0 Å². The topological polar surface area (TPSA) is 77.7 Å². The Kier molecular flexibility index (Phi) is 3.70. The molecule has 0 unspecified atom stereocenters. The lowest BCUT2D eigenvalue weighted by Crippen LogP contribution is -2.39. The first-order valence-electron chi connectivity index (χ1n) is 6.80. The Labute approximate surface area is 117 Å². The highest BCUT2D eigenvalue weighted by Crippen LogP contribution is 2.15. The normalized spacial score (nSPS) is 16.9. The van der Waals surface area contributed by atoms with E-state index in [1.54, 1.807) is 0 Å². The number of piperidine rings is 1. The molecule has 2 heterocycles. The van der Waals surface area contributed by atoms with E-state index in [0.29, 0.717) is 18.5 Å². The number of para-hydroxylation sites is 1. The van der Waals surface area contributed by atoms with Crippen molar-refractivity contribution in [1.82, 2.24) is 20.1 Å². The minimum absolute atomic E-state index is 0.355. The van der Waals surface area contributed by atoms with Crippen molar-refractivity contribution in [2.24, 2.45) is 0 Å². The molecule has 3 rings (SSSR count). The molecule has 1 aromatic carbocycles. The van der Waals surface area contributed by atoms with E-state index in [4.69, 9.17) is 5.26 Å². The highest BCUT2D eigenvalue weighted by Gasteiger charge is 2.19. The van der Waals surface area contributed by atoms with E-state index in [0.717, 1.165) is 37.0 Å². The second-order valence-electron chi connectivity index (χ2n) is 4.98. The molecule has 1 aromatic heterocycles. The fraction of sp³-hybridized carbons (Fsp3) is 0.429. The molecule has 102 valence electrons. The predicted octanol–water partition coefficient (Wildman–Crippen LogP) is 1.42. The molecule has 1 aliphatic rings. The van der Waals surface area contributed by atoms with Crippen molar-refractivity contribution in [3.05, 3.63) is 24.3 Å². The number of nitrogens with one attached hydrogen (secondary N) is 1. The lowest BCUT2D eigenvalue weighted by atomic mass is 10.1. The van der Waals surface area contributed by atoms with Crippen LogP contribution in [0.2, 0.25) is 0 Å². The summed E-state index contributed by atoms with van der Waals surface area (Å²) in [5, 5.41) is 20.3. The molecule has 0 saturated carbocycles. The Balaban J connectivity index is 1.64. The summed E-state index contributed by atoms with van der Waals surface area (Å²) in [7, 11) is 0. The number of anilines is 1. The number of aromatic nitrogens is 3. The van der Waals surface area contributed by atoms with Gasteiger partial charge in [-0.1, -0.05) is 12.1 Å². The summed E-state index contributed by atoms with van der Waals surface area (Å²) in [4.78, 5) is 6.64. The van der Waals surface area contributed by atoms with Gasteiger partial charge in [-0.05, 0) is 25.0 Å². The van der Waals surface area contributed by atoms with Crippen LogP contribution in [0.25, 0.3) is 11.0 Å². The lowest BCUT2D eigenvalue weighted by Gasteiger charge is -2.30. The van der Waals surface area contributed by atoms with Gasteiger partial charge in [0.15, 0.2) is 0 Å². The molecule has 0 amide bonds. The van der Waals surface area contributed by atoms with Crippen LogP contribution in [-0.2, 0) is 0 Å². The van der Waals surface area contributed by atoms with Crippen molar-refractivity contribution in [3.63, 3.8) is 0 Å². The summed E-state index contributed by atoms with van der Waals surface area (Å²) in [5.74, 6) is 0.586. The zero-order chi connectivity index (χ0) is 13.8. The Hall–Kier alpha value is -2.26. The van der Waals surface area contributed by atoms with Crippen LogP contribution in [0.5, 0.6) is 0 Å². The first kappa shape index (κ1) is 12.8. The maximum Gasteiger partial charge on any atom is 0.243 e.